The Morgan fingerprint density at radius 2 is 2.13 bits per heavy atom. The number of hydrogen-bond acceptors (Lipinski definition) is 2. The van der Waals surface area contributed by atoms with E-state index >= 15 is 0 Å². The summed E-state index contributed by atoms with van der Waals surface area (Å²) in [5.74, 6) is 2.92. The Morgan fingerprint density at radius 1 is 1.40 bits per heavy atom. The van der Waals surface area contributed by atoms with E-state index in [1.807, 2.05) is 6.92 Å². The van der Waals surface area contributed by atoms with Crippen LogP contribution in [0.25, 0.3) is 0 Å². The molecular formula is C13H21NO. The largest absolute Gasteiger partial charge is 0.465 e. The molecule has 1 aliphatic rings. The molecule has 1 N–H and O–H groups in total. The first-order valence-corrected chi connectivity index (χ1v) is 6.11. The Morgan fingerprint density at radius 3 is 2.67 bits per heavy atom. The normalized spacial score (nSPS) is 19.6. The molecule has 2 rings (SSSR count). The van der Waals surface area contributed by atoms with Gasteiger partial charge in [-0.1, -0.05) is 19.8 Å². The Labute approximate surface area is 92.1 Å². The van der Waals surface area contributed by atoms with Crippen LogP contribution >= 0.6 is 0 Å². The first-order valence-electron chi connectivity index (χ1n) is 6.11. The number of furan rings is 1. The highest BCUT2D eigenvalue weighted by Gasteiger charge is 2.27. The van der Waals surface area contributed by atoms with Gasteiger partial charge in [0, 0.05) is 0 Å². The van der Waals surface area contributed by atoms with Crippen LogP contribution in [-0.2, 0) is 0 Å². The van der Waals surface area contributed by atoms with Crippen molar-refractivity contribution in [3.63, 3.8) is 0 Å². The molecule has 1 aromatic heterocycles. The molecule has 1 aromatic rings. The van der Waals surface area contributed by atoms with Gasteiger partial charge in [0.15, 0.2) is 0 Å². The van der Waals surface area contributed by atoms with Crippen molar-refractivity contribution in [2.75, 3.05) is 6.54 Å². The monoisotopic (exact) mass is 207 g/mol. The third-order valence-electron chi connectivity index (χ3n) is 3.36. The first-order chi connectivity index (χ1) is 7.31. The number of nitrogens with one attached hydrogen (secondary N) is 1. The smallest absolute Gasteiger partial charge is 0.121 e. The van der Waals surface area contributed by atoms with Crippen LogP contribution in [0, 0.1) is 12.8 Å². The standard InChI is InChI=1S/C13H21NO/c1-3-14-13(11-6-4-5-7-11)12-9-8-10(2)15-12/h8-9,11,13-14H,3-7H2,1-2H3. The lowest BCUT2D eigenvalue weighted by molar-refractivity contribution is 0.312. The molecule has 1 saturated carbocycles. The fraction of sp³-hybridized carbons (Fsp3) is 0.692. The topological polar surface area (TPSA) is 25.2 Å². The van der Waals surface area contributed by atoms with Gasteiger partial charge in [-0.2, -0.15) is 0 Å². The van der Waals surface area contributed by atoms with Crippen LogP contribution in [0.5, 0.6) is 0 Å². The second kappa shape index (κ2) is 4.84. The molecule has 0 radical (unpaired) electrons. The zero-order chi connectivity index (χ0) is 10.7. The molecule has 0 bridgehead atoms. The first kappa shape index (κ1) is 10.7. The second-order valence-corrected chi connectivity index (χ2v) is 4.53. The third-order valence-corrected chi connectivity index (χ3v) is 3.36. The predicted octanol–water partition coefficient (Wildman–Crippen LogP) is 3.43. The van der Waals surface area contributed by atoms with E-state index in [0.29, 0.717) is 6.04 Å². The van der Waals surface area contributed by atoms with Crippen molar-refractivity contribution in [1.82, 2.24) is 5.32 Å². The fourth-order valence-electron chi connectivity index (χ4n) is 2.63. The molecule has 0 aliphatic heterocycles. The molecule has 1 unspecified atom stereocenters. The molecule has 84 valence electrons. The maximum atomic E-state index is 5.75. The van der Waals surface area contributed by atoms with Crippen LogP contribution < -0.4 is 5.32 Å². The van der Waals surface area contributed by atoms with E-state index in [-0.39, 0.29) is 0 Å². The summed E-state index contributed by atoms with van der Waals surface area (Å²) in [6.07, 6.45) is 5.45. The summed E-state index contributed by atoms with van der Waals surface area (Å²) in [6, 6.07) is 4.63. The minimum atomic E-state index is 0.436. The summed E-state index contributed by atoms with van der Waals surface area (Å²) in [7, 11) is 0. The van der Waals surface area contributed by atoms with Gasteiger partial charge in [0.2, 0.25) is 0 Å². The predicted molar refractivity (Wildman–Crippen MR) is 61.8 cm³/mol. The number of hydrogen-bond donors (Lipinski definition) is 1. The molecule has 0 saturated heterocycles. The average Bonchev–Trinajstić information content (AvgIpc) is 2.85. The van der Waals surface area contributed by atoms with Crippen molar-refractivity contribution in [1.29, 1.82) is 0 Å². The van der Waals surface area contributed by atoms with Crippen LogP contribution in [0.2, 0.25) is 0 Å². The van der Waals surface area contributed by atoms with Crippen molar-refractivity contribution in [3.8, 4) is 0 Å². The van der Waals surface area contributed by atoms with E-state index in [2.05, 4.69) is 24.4 Å². The van der Waals surface area contributed by atoms with Gasteiger partial charge in [-0.05, 0) is 44.4 Å². The highest BCUT2D eigenvalue weighted by atomic mass is 16.3. The lowest BCUT2D eigenvalue weighted by Gasteiger charge is -2.22. The van der Waals surface area contributed by atoms with Crippen LogP contribution in [0.3, 0.4) is 0 Å². The molecular weight excluding hydrogens is 186 g/mol. The number of rotatable bonds is 4. The van der Waals surface area contributed by atoms with Crippen molar-refractivity contribution in [2.24, 2.45) is 5.92 Å². The van der Waals surface area contributed by atoms with E-state index in [1.165, 1.54) is 25.7 Å². The van der Waals surface area contributed by atoms with E-state index in [0.717, 1.165) is 24.0 Å². The van der Waals surface area contributed by atoms with Crippen LogP contribution in [-0.4, -0.2) is 6.54 Å². The summed E-state index contributed by atoms with van der Waals surface area (Å²) in [5, 5.41) is 3.56. The Kier molecular flexibility index (Phi) is 3.47. The summed E-state index contributed by atoms with van der Waals surface area (Å²) in [6.45, 7) is 5.19. The van der Waals surface area contributed by atoms with Gasteiger partial charge in [-0.15, -0.1) is 0 Å². The summed E-state index contributed by atoms with van der Waals surface area (Å²) in [4.78, 5) is 0. The average molecular weight is 207 g/mol. The SMILES string of the molecule is CCNC(c1ccc(C)o1)C1CCCC1. The number of aryl methyl sites for hydroxylation is 1. The minimum Gasteiger partial charge on any atom is -0.465 e. The second-order valence-electron chi connectivity index (χ2n) is 4.53. The zero-order valence-corrected chi connectivity index (χ0v) is 9.75. The molecule has 2 nitrogen and oxygen atoms in total. The van der Waals surface area contributed by atoms with Crippen LogP contribution in [0.1, 0.15) is 50.2 Å². The summed E-state index contributed by atoms with van der Waals surface area (Å²) >= 11 is 0. The summed E-state index contributed by atoms with van der Waals surface area (Å²) in [5.41, 5.74) is 0. The molecule has 15 heavy (non-hydrogen) atoms. The molecule has 0 spiro atoms. The van der Waals surface area contributed by atoms with E-state index < -0.39 is 0 Å². The molecule has 0 amide bonds. The Bertz CT molecular complexity index is 299. The third kappa shape index (κ3) is 2.43. The lowest BCUT2D eigenvalue weighted by atomic mass is 9.96. The summed E-state index contributed by atoms with van der Waals surface area (Å²) < 4.78 is 5.75. The quantitative estimate of drug-likeness (QED) is 0.818. The van der Waals surface area contributed by atoms with Gasteiger partial charge in [0.1, 0.15) is 11.5 Å². The van der Waals surface area contributed by atoms with Gasteiger partial charge in [0.05, 0.1) is 6.04 Å². The van der Waals surface area contributed by atoms with Gasteiger partial charge < -0.3 is 9.73 Å². The van der Waals surface area contributed by atoms with Gasteiger partial charge in [-0.3, -0.25) is 0 Å². The van der Waals surface area contributed by atoms with Crippen molar-refractivity contribution in [2.45, 2.75) is 45.6 Å². The van der Waals surface area contributed by atoms with E-state index in [1.54, 1.807) is 0 Å². The van der Waals surface area contributed by atoms with E-state index in [4.69, 9.17) is 4.42 Å². The molecule has 1 aliphatic carbocycles. The molecule has 2 heteroatoms. The van der Waals surface area contributed by atoms with Crippen molar-refractivity contribution < 1.29 is 4.42 Å². The maximum Gasteiger partial charge on any atom is 0.121 e. The highest BCUT2D eigenvalue weighted by molar-refractivity contribution is 5.11. The van der Waals surface area contributed by atoms with Gasteiger partial charge in [-0.25, -0.2) is 0 Å². The van der Waals surface area contributed by atoms with E-state index in [9.17, 15) is 0 Å². The molecule has 0 aromatic carbocycles. The minimum absolute atomic E-state index is 0.436. The molecule has 1 atom stereocenters. The fourth-order valence-corrected chi connectivity index (χ4v) is 2.63. The van der Waals surface area contributed by atoms with Crippen LogP contribution in [0.4, 0.5) is 0 Å². The van der Waals surface area contributed by atoms with Crippen molar-refractivity contribution >= 4 is 0 Å². The van der Waals surface area contributed by atoms with Crippen LogP contribution in [0.15, 0.2) is 16.5 Å². The van der Waals surface area contributed by atoms with Gasteiger partial charge in [0.25, 0.3) is 0 Å². The zero-order valence-electron chi connectivity index (χ0n) is 9.75. The van der Waals surface area contributed by atoms with Gasteiger partial charge >= 0.3 is 0 Å². The Balaban J connectivity index is 2.11. The Hall–Kier alpha value is -0.760. The highest BCUT2D eigenvalue weighted by Crippen LogP contribution is 2.36. The molecule has 1 heterocycles. The van der Waals surface area contributed by atoms with Crippen molar-refractivity contribution in [3.05, 3.63) is 23.7 Å². The molecule has 1 fully saturated rings. The maximum absolute atomic E-state index is 5.75. The lowest BCUT2D eigenvalue weighted by Crippen LogP contribution is -2.26.